The quantitative estimate of drug-likeness (QED) is 0.141. The minimum Gasteiger partial charge on any atom is -0.344 e. The van der Waals surface area contributed by atoms with E-state index in [-0.39, 0.29) is 56.2 Å². The lowest BCUT2D eigenvalue weighted by molar-refractivity contribution is -0.142. The Morgan fingerprint density at radius 3 is 2.43 bits per heavy atom. The lowest BCUT2D eigenvalue weighted by Gasteiger charge is -2.23. The predicted molar refractivity (Wildman–Crippen MR) is 204 cm³/mol. The van der Waals surface area contributed by atoms with Crippen molar-refractivity contribution in [3.8, 4) is 16.9 Å². The molecule has 3 atom stereocenters. The number of nitrogens with zero attached hydrogens (tertiary/aromatic N) is 7. The van der Waals surface area contributed by atoms with Gasteiger partial charge in [0.25, 0.3) is 17.2 Å². The Morgan fingerprint density at radius 2 is 1.75 bits per heavy atom. The zero-order chi connectivity index (χ0) is 43.5. The fraction of sp³-hybridized carbons (Fsp3) is 0.263. The van der Waals surface area contributed by atoms with Crippen LogP contribution >= 0.6 is 11.6 Å². The molecule has 1 saturated carbocycles. The van der Waals surface area contributed by atoms with Gasteiger partial charge >= 0.3 is 6.18 Å². The third kappa shape index (κ3) is 6.86. The molecule has 61 heavy (non-hydrogen) atoms. The first-order valence-electron chi connectivity index (χ1n) is 18.1. The molecular formula is C38H27ClF7N9O5S. The molecule has 0 aliphatic heterocycles. The Morgan fingerprint density at radius 1 is 1.05 bits per heavy atom. The highest BCUT2D eigenvalue weighted by Gasteiger charge is 2.68. The van der Waals surface area contributed by atoms with Gasteiger partial charge in [-0.3, -0.25) is 28.2 Å². The Balaban J connectivity index is 1.26. The van der Waals surface area contributed by atoms with Crippen LogP contribution in [0.1, 0.15) is 46.7 Å². The van der Waals surface area contributed by atoms with Crippen molar-refractivity contribution in [1.82, 2.24) is 39.6 Å². The molecule has 2 N–H and O–H groups in total. The van der Waals surface area contributed by atoms with Crippen LogP contribution in [0.2, 0.25) is 5.02 Å². The van der Waals surface area contributed by atoms with Crippen LogP contribution < -0.4 is 15.6 Å². The van der Waals surface area contributed by atoms with Crippen molar-refractivity contribution in [2.45, 2.75) is 43.4 Å². The number of nitrogens with one attached hydrogen (secondary N) is 2. The van der Waals surface area contributed by atoms with E-state index in [9.17, 15) is 35.2 Å². The van der Waals surface area contributed by atoms with Crippen molar-refractivity contribution in [3.05, 3.63) is 116 Å². The number of carbonyl (C=O) groups excluding carboxylic acids is 1. The molecular weight excluding hydrogens is 863 g/mol. The van der Waals surface area contributed by atoms with E-state index in [1.54, 1.807) is 30.3 Å². The number of aryl methyl sites for hydroxylation is 1. The number of sulfonamides is 1. The molecule has 0 saturated heterocycles. The van der Waals surface area contributed by atoms with E-state index in [1.807, 2.05) is 0 Å². The second kappa shape index (κ2) is 13.9. The molecule has 0 unspecified atom stereocenters. The van der Waals surface area contributed by atoms with E-state index in [0.29, 0.717) is 16.3 Å². The van der Waals surface area contributed by atoms with Gasteiger partial charge in [0, 0.05) is 36.6 Å². The highest BCUT2D eigenvalue weighted by Crippen LogP contribution is 2.68. The predicted octanol–water partition coefficient (Wildman–Crippen LogP) is 6.75. The number of amides is 1. The summed E-state index contributed by atoms with van der Waals surface area (Å²) in [5.74, 6) is -10.1. The largest absolute Gasteiger partial charge is 0.435 e. The minimum atomic E-state index is -5.12. The van der Waals surface area contributed by atoms with Crippen molar-refractivity contribution in [2.75, 3.05) is 11.0 Å². The van der Waals surface area contributed by atoms with E-state index < -0.39 is 98.8 Å². The molecule has 9 rings (SSSR count). The molecule has 23 heteroatoms. The number of anilines is 1. The van der Waals surface area contributed by atoms with Gasteiger partial charge in [-0.1, -0.05) is 47.1 Å². The van der Waals surface area contributed by atoms with Crippen LogP contribution in [0.5, 0.6) is 0 Å². The van der Waals surface area contributed by atoms with Crippen molar-refractivity contribution in [1.29, 1.82) is 0 Å². The maximum absolute atomic E-state index is 15.5. The van der Waals surface area contributed by atoms with Crippen LogP contribution in [0, 0.1) is 17.6 Å². The van der Waals surface area contributed by atoms with Gasteiger partial charge in [0.2, 0.25) is 15.9 Å². The number of hydrogen-bond acceptors (Lipinski definition) is 9. The van der Waals surface area contributed by atoms with Crippen LogP contribution in [-0.2, 0) is 46.9 Å². The molecule has 0 radical (unpaired) electrons. The molecule has 14 nitrogen and oxygen atoms in total. The van der Waals surface area contributed by atoms with Crippen LogP contribution in [0.15, 0.2) is 70.0 Å². The molecule has 2 aliphatic carbocycles. The third-order valence-corrected chi connectivity index (χ3v) is 11.4. The summed E-state index contributed by atoms with van der Waals surface area (Å²) in [7, 11) is -2.54. The number of halogens is 8. The van der Waals surface area contributed by atoms with Gasteiger partial charge in [0.1, 0.15) is 40.8 Å². The summed E-state index contributed by atoms with van der Waals surface area (Å²) < 4.78 is 138. The minimum absolute atomic E-state index is 0.0124. The first-order valence-corrected chi connectivity index (χ1v) is 20.4. The molecule has 1 fully saturated rings. The first kappa shape index (κ1) is 40.1. The summed E-state index contributed by atoms with van der Waals surface area (Å²) in [6, 6.07) is 11.7. The van der Waals surface area contributed by atoms with Crippen LogP contribution in [0.3, 0.4) is 0 Å². The second-order valence-electron chi connectivity index (χ2n) is 14.8. The third-order valence-electron chi connectivity index (χ3n) is 10.5. The van der Waals surface area contributed by atoms with Crippen molar-refractivity contribution in [2.24, 2.45) is 13.0 Å². The molecule has 7 aromatic rings. The van der Waals surface area contributed by atoms with Gasteiger partial charge < -0.3 is 9.84 Å². The van der Waals surface area contributed by atoms with Crippen LogP contribution in [0.4, 0.5) is 36.6 Å². The monoisotopic (exact) mass is 889 g/mol. The number of fused-ring (bicyclic) bond motifs is 5. The summed E-state index contributed by atoms with van der Waals surface area (Å²) in [4.78, 5) is 33.7. The SMILES string of the molecule is Cn1nc(NS(C)(=O)=O)c2c(Cl)ccc(-n3c([C@H](Cc4cc(F)cc(F)c4)NC(=O)Cn4nc(C(F)(F)F)c5c4C(F)(F)[C@@H]4C[C@H]54)nc4onc(-c5ccccc5)c4c3=O)c21. The van der Waals surface area contributed by atoms with Gasteiger partial charge in [-0.15, -0.1) is 0 Å². The lowest BCUT2D eigenvalue weighted by Crippen LogP contribution is -2.38. The number of alkyl halides is 5. The molecule has 2 aliphatic rings. The van der Waals surface area contributed by atoms with Gasteiger partial charge in [-0.2, -0.15) is 37.1 Å². The lowest BCUT2D eigenvalue weighted by atomic mass is 10.0. The summed E-state index contributed by atoms with van der Waals surface area (Å²) in [6.07, 6.45) is -5.00. The Kier molecular flexibility index (Phi) is 9.13. The molecule has 0 spiro atoms. The average molecular weight is 890 g/mol. The molecule has 0 bridgehead atoms. The number of hydrogen-bond donors (Lipinski definition) is 2. The normalized spacial score (nSPS) is 17.4. The Labute approximate surface area is 343 Å². The average Bonchev–Trinajstić information content (AvgIpc) is 3.40. The van der Waals surface area contributed by atoms with Crippen LogP contribution in [0.25, 0.3) is 38.9 Å². The number of carbonyl (C=O) groups is 1. The fourth-order valence-corrected chi connectivity index (χ4v) is 8.84. The van der Waals surface area contributed by atoms with E-state index in [1.165, 1.54) is 23.9 Å². The summed E-state index contributed by atoms with van der Waals surface area (Å²) in [6.45, 7) is -1.18. The number of benzene rings is 3. The maximum Gasteiger partial charge on any atom is 0.435 e. The number of rotatable bonds is 10. The van der Waals surface area contributed by atoms with Crippen molar-refractivity contribution < 1.29 is 48.5 Å². The topological polar surface area (TPSA) is 172 Å². The molecule has 4 aromatic heterocycles. The molecule has 3 aromatic carbocycles. The van der Waals surface area contributed by atoms with E-state index in [2.05, 4.69) is 30.4 Å². The Hall–Kier alpha value is -6.29. The van der Waals surface area contributed by atoms with E-state index in [0.717, 1.165) is 23.0 Å². The number of aromatic nitrogens is 7. The van der Waals surface area contributed by atoms with Crippen LogP contribution in [-0.4, -0.2) is 54.8 Å². The standard InChI is InChI=1S/C38H27ClF7N9O5S/c1-53-30-24(9-8-22(39)27(30)33(50-53)52-61(2,58)59)55-34(48-35-28(36(55)57)29(51-60-35)17-6-4-3-5-7-17)23(12-16-10-18(40)13-19(41)11-16)47-25(56)15-54-32-26(31(49-54)38(44,45)46)20-14-21(20)37(32,42)43/h3-11,13,20-21,23H,12,14-15H2,1-2H3,(H,47,56)(H,50,52)/t20-,21+,23-/m0/s1. The zero-order valence-corrected chi connectivity index (χ0v) is 32.8. The van der Waals surface area contributed by atoms with Gasteiger partial charge in [0.05, 0.1) is 33.9 Å². The summed E-state index contributed by atoms with van der Waals surface area (Å²) in [5.41, 5.74) is -4.26. The molecule has 316 valence electrons. The first-order chi connectivity index (χ1) is 28.7. The molecule has 1 amide bonds. The van der Waals surface area contributed by atoms with Crippen molar-refractivity contribution >= 4 is 55.4 Å². The van der Waals surface area contributed by atoms with E-state index >= 15 is 13.6 Å². The smallest absolute Gasteiger partial charge is 0.344 e. The van der Waals surface area contributed by atoms with Crippen molar-refractivity contribution in [3.63, 3.8) is 0 Å². The summed E-state index contributed by atoms with van der Waals surface area (Å²) in [5, 5.41) is 14.1. The van der Waals surface area contributed by atoms with Gasteiger partial charge in [-0.05, 0) is 42.2 Å². The fourth-order valence-electron chi connectivity index (χ4n) is 8.11. The van der Waals surface area contributed by atoms with Gasteiger partial charge in [-0.25, -0.2) is 17.2 Å². The highest BCUT2D eigenvalue weighted by atomic mass is 35.5. The zero-order valence-electron chi connectivity index (χ0n) is 31.2. The summed E-state index contributed by atoms with van der Waals surface area (Å²) >= 11 is 6.60. The molecule has 4 heterocycles. The van der Waals surface area contributed by atoms with Gasteiger partial charge in [0.15, 0.2) is 11.5 Å². The van der Waals surface area contributed by atoms with E-state index in [4.69, 9.17) is 16.1 Å². The maximum atomic E-state index is 15.5. The Bertz CT molecular complexity index is 3130. The highest BCUT2D eigenvalue weighted by molar-refractivity contribution is 7.92. The second-order valence-corrected chi connectivity index (χ2v) is 16.9.